The van der Waals surface area contributed by atoms with Crippen LogP contribution in [0.5, 0.6) is 0 Å². The second kappa shape index (κ2) is 5.72. The maximum absolute atomic E-state index is 5.56. The fraction of sp³-hybridized carbons (Fsp3) is 1.00. The van der Waals surface area contributed by atoms with Gasteiger partial charge in [-0.05, 0) is 44.6 Å². The van der Waals surface area contributed by atoms with Gasteiger partial charge in [-0.3, -0.25) is 0 Å². The third kappa shape index (κ3) is 3.25. The zero-order chi connectivity index (χ0) is 10.4. The third-order valence-corrected chi connectivity index (χ3v) is 3.41. The van der Waals surface area contributed by atoms with Crippen molar-refractivity contribution in [3.63, 3.8) is 0 Å². The summed E-state index contributed by atoms with van der Waals surface area (Å²) in [5.74, 6) is 0. The highest BCUT2D eigenvalue weighted by atomic mass is 16.5. The molecule has 1 N–H and O–H groups in total. The first-order chi connectivity index (χ1) is 6.75. The van der Waals surface area contributed by atoms with E-state index in [1.165, 1.54) is 19.3 Å². The summed E-state index contributed by atoms with van der Waals surface area (Å²) < 4.78 is 5.56. The van der Waals surface area contributed by atoms with Crippen LogP contribution in [-0.4, -0.2) is 25.8 Å². The van der Waals surface area contributed by atoms with E-state index in [0.29, 0.717) is 11.5 Å². The number of hydrogen-bond donors (Lipinski definition) is 1. The molecule has 1 saturated carbocycles. The first-order valence-electron chi connectivity index (χ1n) is 6.06. The molecule has 1 rings (SSSR count). The van der Waals surface area contributed by atoms with Gasteiger partial charge in [-0.2, -0.15) is 0 Å². The van der Waals surface area contributed by atoms with Gasteiger partial charge in [0.2, 0.25) is 0 Å². The molecule has 1 aliphatic rings. The van der Waals surface area contributed by atoms with Crippen LogP contribution in [0.3, 0.4) is 0 Å². The van der Waals surface area contributed by atoms with Crippen LogP contribution >= 0.6 is 0 Å². The van der Waals surface area contributed by atoms with Crippen molar-refractivity contribution in [2.75, 3.05) is 19.8 Å². The molecule has 2 heteroatoms. The maximum atomic E-state index is 5.56. The van der Waals surface area contributed by atoms with Gasteiger partial charge >= 0.3 is 0 Å². The monoisotopic (exact) mass is 199 g/mol. The van der Waals surface area contributed by atoms with Crippen LogP contribution < -0.4 is 5.32 Å². The van der Waals surface area contributed by atoms with Crippen molar-refractivity contribution >= 4 is 0 Å². The fourth-order valence-electron chi connectivity index (χ4n) is 2.10. The van der Waals surface area contributed by atoms with Gasteiger partial charge in [0.15, 0.2) is 0 Å². The van der Waals surface area contributed by atoms with Crippen molar-refractivity contribution < 1.29 is 4.74 Å². The molecule has 0 amide bonds. The van der Waals surface area contributed by atoms with Crippen molar-refractivity contribution in [1.29, 1.82) is 0 Å². The van der Waals surface area contributed by atoms with E-state index in [-0.39, 0.29) is 0 Å². The predicted octanol–water partition coefficient (Wildman–Crippen LogP) is 2.58. The van der Waals surface area contributed by atoms with Gasteiger partial charge in [0.1, 0.15) is 0 Å². The molecule has 0 heterocycles. The lowest BCUT2D eigenvalue weighted by Crippen LogP contribution is -2.35. The normalized spacial score (nSPS) is 20.8. The van der Waals surface area contributed by atoms with E-state index in [0.717, 1.165) is 26.2 Å². The van der Waals surface area contributed by atoms with E-state index < -0.39 is 0 Å². The van der Waals surface area contributed by atoms with Crippen LogP contribution in [-0.2, 0) is 4.74 Å². The van der Waals surface area contributed by atoms with Gasteiger partial charge in [-0.25, -0.2) is 0 Å². The average Bonchev–Trinajstić information content (AvgIpc) is 2.94. The average molecular weight is 199 g/mol. The van der Waals surface area contributed by atoms with Crippen LogP contribution in [0.1, 0.15) is 46.5 Å². The van der Waals surface area contributed by atoms with Crippen molar-refractivity contribution in [3.8, 4) is 0 Å². The Morgan fingerprint density at radius 2 is 2.00 bits per heavy atom. The molecule has 0 radical (unpaired) electrons. The van der Waals surface area contributed by atoms with E-state index in [1.54, 1.807) is 0 Å². The minimum absolute atomic E-state index is 0.573. The summed E-state index contributed by atoms with van der Waals surface area (Å²) in [5, 5.41) is 3.53. The molecule has 0 aliphatic heterocycles. The molecule has 1 aliphatic carbocycles. The number of ether oxygens (including phenoxy) is 1. The Balaban J connectivity index is 2.15. The first-order valence-corrected chi connectivity index (χ1v) is 6.06. The van der Waals surface area contributed by atoms with Gasteiger partial charge < -0.3 is 10.1 Å². The zero-order valence-corrected chi connectivity index (χ0v) is 9.94. The molecule has 0 aromatic carbocycles. The van der Waals surface area contributed by atoms with Crippen molar-refractivity contribution in [1.82, 2.24) is 5.32 Å². The molecule has 2 nitrogen and oxygen atoms in total. The minimum atomic E-state index is 0.573. The van der Waals surface area contributed by atoms with Crippen molar-refractivity contribution in [3.05, 3.63) is 0 Å². The lowest BCUT2D eigenvalue weighted by atomic mass is 9.94. The van der Waals surface area contributed by atoms with Gasteiger partial charge in [-0.1, -0.05) is 13.8 Å². The Labute approximate surface area is 88.4 Å². The second-order valence-corrected chi connectivity index (χ2v) is 4.50. The smallest absolute Gasteiger partial charge is 0.0471 e. The lowest BCUT2D eigenvalue weighted by Gasteiger charge is -2.24. The summed E-state index contributed by atoms with van der Waals surface area (Å²) in [6.07, 6.45) is 5.14. The van der Waals surface area contributed by atoms with E-state index in [1.807, 2.05) is 0 Å². The predicted molar refractivity (Wildman–Crippen MR) is 60.5 cm³/mol. The highest BCUT2D eigenvalue weighted by molar-refractivity contribution is 4.99. The highest BCUT2D eigenvalue weighted by Crippen LogP contribution is 2.51. The minimum Gasteiger partial charge on any atom is -0.381 e. The summed E-state index contributed by atoms with van der Waals surface area (Å²) in [5.41, 5.74) is 0.573. The molecule has 0 aromatic heterocycles. The first kappa shape index (κ1) is 12.0. The second-order valence-electron chi connectivity index (χ2n) is 4.50. The highest BCUT2D eigenvalue weighted by Gasteiger charge is 2.46. The molecule has 1 unspecified atom stereocenters. The van der Waals surface area contributed by atoms with Crippen LogP contribution in [0.4, 0.5) is 0 Å². The fourth-order valence-corrected chi connectivity index (χ4v) is 2.10. The largest absolute Gasteiger partial charge is 0.381 e. The number of hydrogen-bond acceptors (Lipinski definition) is 2. The lowest BCUT2D eigenvalue weighted by molar-refractivity contribution is 0.110. The van der Waals surface area contributed by atoms with Crippen molar-refractivity contribution in [2.24, 2.45) is 5.41 Å². The van der Waals surface area contributed by atoms with Gasteiger partial charge in [0.25, 0.3) is 0 Å². The van der Waals surface area contributed by atoms with E-state index in [9.17, 15) is 0 Å². The van der Waals surface area contributed by atoms with Crippen molar-refractivity contribution in [2.45, 2.75) is 52.5 Å². The summed E-state index contributed by atoms with van der Waals surface area (Å²) in [6.45, 7) is 9.61. The Hall–Kier alpha value is -0.0800. The van der Waals surface area contributed by atoms with E-state index in [4.69, 9.17) is 4.74 Å². The molecule has 1 atom stereocenters. The number of rotatable bonds is 8. The van der Waals surface area contributed by atoms with E-state index >= 15 is 0 Å². The Morgan fingerprint density at radius 1 is 1.29 bits per heavy atom. The molecule has 0 bridgehead atoms. The molecular formula is C12H25NO. The van der Waals surface area contributed by atoms with Crippen LogP contribution in [0.2, 0.25) is 0 Å². The van der Waals surface area contributed by atoms with Crippen LogP contribution in [0.15, 0.2) is 0 Å². The SMILES string of the molecule is CCCOCCC1(C(C)NCC)CC1. The summed E-state index contributed by atoms with van der Waals surface area (Å²) in [7, 11) is 0. The molecule has 84 valence electrons. The molecule has 14 heavy (non-hydrogen) atoms. The van der Waals surface area contributed by atoms with Crippen LogP contribution in [0, 0.1) is 5.41 Å². The summed E-state index contributed by atoms with van der Waals surface area (Å²) in [4.78, 5) is 0. The van der Waals surface area contributed by atoms with Gasteiger partial charge in [-0.15, -0.1) is 0 Å². The molecule has 0 aromatic rings. The standard InChI is InChI=1S/C12H25NO/c1-4-9-14-10-8-12(6-7-12)11(3)13-5-2/h11,13H,4-10H2,1-3H3. The maximum Gasteiger partial charge on any atom is 0.0471 e. The Bertz CT molecular complexity index is 154. The van der Waals surface area contributed by atoms with E-state index in [2.05, 4.69) is 26.1 Å². The third-order valence-electron chi connectivity index (χ3n) is 3.41. The van der Waals surface area contributed by atoms with Crippen LogP contribution in [0.25, 0.3) is 0 Å². The topological polar surface area (TPSA) is 21.3 Å². The summed E-state index contributed by atoms with van der Waals surface area (Å²) >= 11 is 0. The zero-order valence-electron chi connectivity index (χ0n) is 9.94. The number of nitrogens with one attached hydrogen (secondary N) is 1. The Morgan fingerprint density at radius 3 is 2.50 bits per heavy atom. The van der Waals surface area contributed by atoms with Gasteiger partial charge in [0, 0.05) is 19.3 Å². The Kier molecular flexibility index (Phi) is 4.90. The molecule has 1 fully saturated rings. The summed E-state index contributed by atoms with van der Waals surface area (Å²) in [6, 6.07) is 0.665. The molecule has 0 saturated heterocycles. The molecule has 0 spiro atoms. The molecular weight excluding hydrogens is 174 g/mol. The quantitative estimate of drug-likeness (QED) is 0.607. The van der Waals surface area contributed by atoms with Gasteiger partial charge in [0.05, 0.1) is 0 Å².